The minimum absolute atomic E-state index is 0.215. The predicted molar refractivity (Wildman–Crippen MR) is 85.3 cm³/mol. The number of fused-ring (bicyclic) bond motifs is 2. The van der Waals surface area contributed by atoms with Crippen LogP contribution in [0.4, 0.5) is 5.69 Å². The van der Waals surface area contributed by atoms with Gasteiger partial charge in [0.15, 0.2) is 11.5 Å². The molecule has 4 rings (SSSR count). The van der Waals surface area contributed by atoms with Gasteiger partial charge in [-0.05, 0) is 29.8 Å². The van der Waals surface area contributed by atoms with E-state index in [1.165, 1.54) is 0 Å². The van der Waals surface area contributed by atoms with Crippen molar-refractivity contribution in [2.75, 3.05) is 12.5 Å². The maximum Gasteiger partial charge on any atom is 0.231 e. The van der Waals surface area contributed by atoms with Crippen LogP contribution in [-0.2, 0) is 6.42 Å². The van der Waals surface area contributed by atoms with Gasteiger partial charge in [0.25, 0.3) is 0 Å². The van der Waals surface area contributed by atoms with Crippen LogP contribution in [0.3, 0.4) is 0 Å². The number of hydrogen-bond donors (Lipinski definition) is 2. The molecule has 3 N–H and O–H groups in total. The summed E-state index contributed by atoms with van der Waals surface area (Å²) in [5, 5.41) is 13.7. The fourth-order valence-electron chi connectivity index (χ4n) is 2.78. The van der Waals surface area contributed by atoms with E-state index in [1.54, 1.807) is 0 Å². The first kappa shape index (κ1) is 13.5. The van der Waals surface area contributed by atoms with Crippen LogP contribution in [0.2, 0.25) is 0 Å². The Kier molecular flexibility index (Phi) is 3.05. The maximum atomic E-state index is 9.27. The smallest absolute Gasteiger partial charge is 0.231 e. The molecule has 0 saturated carbocycles. The zero-order valence-electron chi connectivity index (χ0n) is 12.2. The average Bonchev–Trinajstić information content (AvgIpc) is 2.94. The van der Waals surface area contributed by atoms with Gasteiger partial charge < -0.3 is 15.2 Å². The second-order valence-electron chi connectivity index (χ2n) is 5.46. The third kappa shape index (κ3) is 2.32. The fourth-order valence-corrected chi connectivity index (χ4v) is 2.78. The van der Waals surface area contributed by atoms with E-state index in [2.05, 4.69) is 16.6 Å². The quantitative estimate of drug-likeness (QED) is 0.784. The molecule has 1 atom stereocenters. The number of benzene rings is 2. The summed E-state index contributed by atoms with van der Waals surface area (Å²) in [5.74, 6) is 1.40. The van der Waals surface area contributed by atoms with Crippen LogP contribution in [0, 0.1) is 11.3 Å². The number of hydrazone groups is 1. The molecule has 2 aliphatic rings. The number of nitrogens with two attached hydrogens (primary N) is 1. The Hall–Kier alpha value is -3.20. The summed E-state index contributed by atoms with van der Waals surface area (Å²) in [5.41, 5.74) is 13.0. The first-order valence-electron chi connectivity index (χ1n) is 7.26. The van der Waals surface area contributed by atoms with E-state index in [9.17, 15) is 5.26 Å². The summed E-state index contributed by atoms with van der Waals surface area (Å²) in [4.78, 5) is 0. The highest BCUT2D eigenvalue weighted by atomic mass is 16.7. The number of nitrogen functional groups attached to an aromatic ring is 1. The largest absolute Gasteiger partial charge is 0.454 e. The van der Waals surface area contributed by atoms with E-state index in [-0.39, 0.29) is 12.8 Å². The summed E-state index contributed by atoms with van der Waals surface area (Å²) in [6.07, 6.45) is 0.546. The van der Waals surface area contributed by atoms with E-state index in [4.69, 9.17) is 15.2 Å². The fraction of sp³-hybridized carbons (Fsp3) is 0.176. The van der Waals surface area contributed by atoms with Crippen LogP contribution >= 0.6 is 0 Å². The molecule has 114 valence electrons. The first-order chi connectivity index (χ1) is 11.2. The van der Waals surface area contributed by atoms with Crippen molar-refractivity contribution >= 4 is 11.4 Å². The number of nitrogens with one attached hydrogen (secondary N) is 1. The Morgan fingerprint density at radius 1 is 1.17 bits per heavy atom. The van der Waals surface area contributed by atoms with Crippen LogP contribution in [0.15, 0.2) is 41.5 Å². The van der Waals surface area contributed by atoms with E-state index >= 15 is 0 Å². The maximum absolute atomic E-state index is 9.27. The summed E-state index contributed by atoms with van der Waals surface area (Å²) < 4.78 is 10.9. The Morgan fingerprint density at radius 2 is 1.91 bits per heavy atom. The molecule has 0 aromatic heterocycles. The van der Waals surface area contributed by atoms with Gasteiger partial charge >= 0.3 is 0 Å². The highest BCUT2D eigenvalue weighted by Gasteiger charge is 2.24. The highest BCUT2D eigenvalue weighted by Crippen LogP contribution is 2.36. The molecule has 2 aromatic carbocycles. The van der Waals surface area contributed by atoms with Crippen LogP contribution in [0.5, 0.6) is 11.5 Å². The lowest BCUT2D eigenvalue weighted by Gasteiger charge is -2.11. The van der Waals surface area contributed by atoms with Gasteiger partial charge in [-0.15, -0.1) is 0 Å². The van der Waals surface area contributed by atoms with Gasteiger partial charge in [-0.3, -0.25) is 5.43 Å². The van der Waals surface area contributed by atoms with Crippen molar-refractivity contribution in [2.24, 2.45) is 5.10 Å². The molecular formula is C17H14N4O2. The standard InChI is InChI=1S/C17H14N4O2/c18-8-13-5-11-6-15-16(23-9-22-15)7-14(11)17(21-20-13)10-1-3-12(19)4-2-10/h1-4,6-7,13,20H,5,9,19H2. The van der Waals surface area contributed by atoms with Crippen LogP contribution in [-0.4, -0.2) is 18.5 Å². The summed E-state index contributed by atoms with van der Waals surface area (Å²) in [7, 11) is 0. The van der Waals surface area contributed by atoms with E-state index < -0.39 is 0 Å². The lowest BCUT2D eigenvalue weighted by molar-refractivity contribution is 0.174. The molecule has 2 heterocycles. The number of ether oxygens (including phenoxy) is 2. The average molecular weight is 306 g/mol. The highest BCUT2D eigenvalue weighted by molar-refractivity contribution is 6.14. The van der Waals surface area contributed by atoms with E-state index in [1.807, 2.05) is 36.4 Å². The molecule has 2 aromatic rings. The molecule has 1 unspecified atom stereocenters. The minimum Gasteiger partial charge on any atom is -0.454 e. The summed E-state index contributed by atoms with van der Waals surface area (Å²) in [6.45, 7) is 0.215. The van der Waals surface area contributed by atoms with Gasteiger partial charge in [-0.2, -0.15) is 10.4 Å². The Bertz CT molecular complexity index is 837. The van der Waals surface area contributed by atoms with Crippen molar-refractivity contribution in [2.45, 2.75) is 12.5 Å². The minimum atomic E-state index is -0.389. The normalized spacial score (nSPS) is 18.2. The first-order valence-corrected chi connectivity index (χ1v) is 7.26. The van der Waals surface area contributed by atoms with Crippen molar-refractivity contribution in [3.63, 3.8) is 0 Å². The molecule has 0 radical (unpaired) electrons. The zero-order chi connectivity index (χ0) is 15.8. The van der Waals surface area contributed by atoms with Gasteiger partial charge in [0.2, 0.25) is 6.79 Å². The van der Waals surface area contributed by atoms with Gasteiger partial charge in [0.1, 0.15) is 6.04 Å². The van der Waals surface area contributed by atoms with Gasteiger partial charge in [-0.1, -0.05) is 12.1 Å². The molecule has 0 spiro atoms. The van der Waals surface area contributed by atoms with Crippen molar-refractivity contribution in [1.82, 2.24) is 5.43 Å². The summed E-state index contributed by atoms with van der Waals surface area (Å²) >= 11 is 0. The van der Waals surface area contributed by atoms with Crippen LogP contribution in [0.1, 0.15) is 16.7 Å². The third-order valence-corrected chi connectivity index (χ3v) is 3.95. The van der Waals surface area contributed by atoms with E-state index in [0.29, 0.717) is 23.6 Å². The number of nitriles is 1. The van der Waals surface area contributed by atoms with Crippen LogP contribution < -0.4 is 20.6 Å². The van der Waals surface area contributed by atoms with Gasteiger partial charge in [0, 0.05) is 23.2 Å². The van der Waals surface area contributed by atoms with Gasteiger partial charge in [0.05, 0.1) is 11.8 Å². The van der Waals surface area contributed by atoms with Crippen LogP contribution in [0.25, 0.3) is 0 Å². The second-order valence-corrected chi connectivity index (χ2v) is 5.46. The lowest BCUT2D eigenvalue weighted by atomic mass is 9.94. The molecular weight excluding hydrogens is 292 g/mol. The number of rotatable bonds is 1. The lowest BCUT2D eigenvalue weighted by Crippen LogP contribution is -2.23. The Balaban J connectivity index is 1.88. The molecule has 23 heavy (non-hydrogen) atoms. The monoisotopic (exact) mass is 306 g/mol. The zero-order valence-corrected chi connectivity index (χ0v) is 12.2. The molecule has 0 bridgehead atoms. The third-order valence-electron chi connectivity index (χ3n) is 3.95. The number of hydrogen-bond acceptors (Lipinski definition) is 6. The molecule has 0 fully saturated rings. The number of nitrogens with zero attached hydrogens (tertiary/aromatic N) is 2. The second kappa shape index (κ2) is 5.21. The number of anilines is 1. The SMILES string of the molecule is N#CC1Cc2cc3c(cc2C(c2ccc(N)cc2)=NN1)OCO3. The topological polar surface area (TPSA) is 92.7 Å². The van der Waals surface area contributed by atoms with Crippen molar-refractivity contribution in [3.8, 4) is 17.6 Å². The van der Waals surface area contributed by atoms with E-state index in [0.717, 1.165) is 22.4 Å². The van der Waals surface area contributed by atoms with Crippen molar-refractivity contribution in [3.05, 3.63) is 53.1 Å². The Morgan fingerprint density at radius 3 is 2.65 bits per heavy atom. The molecule has 2 aliphatic heterocycles. The van der Waals surface area contributed by atoms with Crippen molar-refractivity contribution in [1.29, 1.82) is 5.26 Å². The molecule has 6 nitrogen and oxygen atoms in total. The predicted octanol–water partition coefficient (Wildman–Crippen LogP) is 1.79. The molecule has 0 aliphatic carbocycles. The molecule has 0 saturated heterocycles. The molecule has 0 amide bonds. The van der Waals surface area contributed by atoms with Gasteiger partial charge in [-0.25, -0.2) is 0 Å². The van der Waals surface area contributed by atoms with Crippen molar-refractivity contribution < 1.29 is 9.47 Å². The molecule has 6 heteroatoms. The summed E-state index contributed by atoms with van der Waals surface area (Å²) in [6, 6.07) is 13.2. The Labute approximate surface area is 133 Å².